The molecule has 0 atom stereocenters. The summed E-state index contributed by atoms with van der Waals surface area (Å²) in [6.45, 7) is 2.13. The van der Waals surface area contributed by atoms with Crippen LogP contribution in [0.15, 0.2) is 35.4 Å². The zero-order valence-corrected chi connectivity index (χ0v) is 15.5. The summed E-state index contributed by atoms with van der Waals surface area (Å²) in [6, 6.07) is 2.71. The monoisotopic (exact) mass is 385 g/mol. The van der Waals surface area contributed by atoms with Crippen LogP contribution in [-0.4, -0.2) is 50.8 Å². The second kappa shape index (κ2) is 7.89. The Morgan fingerprint density at radius 2 is 2.29 bits per heavy atom. The third-order valence-corrected chi connectivity index (χ3v) is 4.78. The minimum Gasteiger partial charge on any atom is -0.451 e. The van der Waals surface area contributed by atoms with Crippen molar-refractivity contribution in [2.45, 2.75) is 25.9 Å². The number of hydrogen-bond donors (Lipinski definition) is 0. The van der Waals surface area contributed by atoms with Crippen LogP contribution in [0.25, 0.3) is 11.4 Å². The second-order valence-electron chi connectivity index (χ2n) is 6.53. The van der Waals surface area contributed by atoms with Crippen LogP contribution < -0.4 is 0 Å². The summed E-state index contributed by atoms with van der Waals surface area (Å²) >= 11 is 0. The molecule has 1 amide bonds. The van der Waals surface area contributed by atoms with Gasteiger partial charge in [-0.3, -0.25) is 9.48 Å². The summed E-state index contributed by atoms with van der Waals surface area (Å²) in [4.78, 5) is 22.5. The lowest BCUT2D eigenvalue weighted by molar-refractivity contribution is 0.0722. The number of oxazole rings is 1. The number of methoxy groups -OCH3 is 1. The maximum Gasteiger partial charge on any atom is 0.275 e. The van der Waals surface area contributed by atoms with Gasteiger partial charge in [-0.15, -0.1) is 0 Å². The molecule has 0 aliphatic carbocycles. The van der Waals surface area contributed by atoms with Gasteiger partial charge in [-0.1, -0.05) is 0 Å². The number of nitrogens with zero attached hydrogens (tertiary/aromatic N) is 5. The number of carbonyl (C=O) groups is 1. The first-order valence-corrected chi connectivity index (χ1v) is 9.05. The van der Waals surface area contributed by atoms with E-state index in [1.165, 1.54) is 31.0 Å². The second-order valence-corrected chi connectivity index (χ2v) is 6.53. The van der Waals surface area contributed by atoms with Crippen molar-refractivity contribution in [1.29, 1.82) is 0 Å². The number of fused-ring (bicyclic) bond motifs is 1. The number of aryl methyl sites for hydroxylation is 1. The van der Waals surface area contributed by atoms with Crippen LogP contribution in [0.5, 0.6) is 0 Å². The Morgan fingerprint density at radius 3 is 3.04 bits per heavy atom. The molecular formula is C19H20FN5O3. The van der Waals surface area contributed by atoms with Gasteiger partial charge >= 0.3 is 0 Å². The van der Waals surface area contributed by atoms with E-state index < -0.39 is 11.7 Å². The summed E-state index contributed by atoms with van der Waals surface area (Å²) in [5.41, 5.74) is 3.09. The highest BCUT2D eigenvalue weighted by atomic mass is 19.1. The van der Waals surface area contributed by atoms with Crippen molar-refractivity contribution in [2.24, 2.45) is 0 Å². The molecular weight excluding hydrogens is 365 g/mol. The van der Waals surface area contributed by atoms with Gasteiger partial charge in [0.05, 0.1) is 6.54 Å². The lowest BCUT2D eigenvalue weighted by atomic mass is 10.0. The fraction of sp³-hybridized carbons (Fsp3) is 0.368. The zero-order valence-electron chi connectivity index (χ0n) is 15.5. The molecule has 0 unspecified atom stereocenters. The SMILES string of the molecule is COCCCn1nc(-c2cocn2)c2c1CCN(C(=O)c1ncccc1F)C2. The van der Waals surface area contributed by atoms with Crippen molar-refractivity contribution >= 4 is 5.91 Å². The molecule has 0 spiro atoms. The van der Waals surface area contributed by atoms with Crippen molar-refractivity contribution < 1.29 is 18.3 Å². The average molecular weight is 385 g/mol. The quantitative estimate of drug-likeness (QED) is 0.605. The lowest BCUT2D eigenvalue weighted by Crippen LogP contribution is -2.37. The summed E-state index contributed by atoms with van der Waals surface area (Å²) < 4.78 is 26.2. The van der Waals surface area contributed by atoms with Crippen LogP contribution >= 0.6 is 0 Å². The minimum atomic E-state index is -0.620. The Kier molecular flexibility index (Phi) is 5.16. The molecule has 1 aliphatic heterocycles. The molecule has 146 valence electrons. The van der Waals surface area contributed by atoms with E-state index in [4.69, 9.17) is 14.3 Å². The Morgan fingerprint density at radius 1 is 1.39 bits per heavy atom. The van der Waals surface area contributed by atoms with Crippen molar-refractivity contribution in [2.75, 3.05) is 20.3 Å². The van der Waals surface area contributed by atoms with Gasteiger partial charge in [-0.05, 0) is 18.6 Å². The molecule has 0 fully saturated rings. The summed E-state index contributed by atoms with van der Waals surface area (Å²) in [6.07, 6.45) is 5.74. The standard InChI is InChI=1S/C19H20FN5O3/c1-27-9-3-7-25-16-5-8-24(19(26)18-14(20)4-2-6-21-18)10-13(16)17(23-25)15-11-28-12-22-15/h2,4,6,11-12H,3,5,7-10H2,1H3. The maximum absolute atomic E-state index is 14.0. The van der Waals surface area contributed by atoms with Gasteiger partial charge in [0.1, 0.15) is 17.7 Å². The van der Waals surface area contributed by atoms with Gasteiger partial charge in [-0.2, -0.15) is 5.10 Å². The fourth-order valence-electron chi connectivity index (χ4n) is 3.44. The number of ether oxygens (including phenoxy) is 1. The van der Waals surface area contributed by atoms with Gasteiger partial charge in [0.2, 0.25) is 0 Å². The number of amides is 1. The third kappa shape index (κ3) is 3.40. The predicted molar refractivity (Wildman–Crippen MR) is 96.9 cm³/mol. The van der Waals surface area contributed by atoms with E-state index in [1.54, 1.807) is 12.0 Å². The molecule has 1 aliphatic rings. The van der Waals surface area contributed by atoms with Crippen LogP contribution in [0.2, 0.25) is 0 Å². The van der Waals surface area contributed by atoms with Crippen LogP contribution in [-0.2, 0) is 24.2 Å². The van der Waals surface area contributed by atoms with Gasteiger partial charge in [0.15, 0.2) is 17.9 Å². The van der Waals surface area contributed by atoms with E-state index >= 15 is 0 Å². The first kappa shape index (κ1) is 18.3. The van der Waals surface area contributed by atoms with Crippen LogP contribution in [0, 0.1) is 5.82 Å². The van der Waals surface area contributed by atoms with E-state index in [9.17, 15) is 9.18 Å². The molecule has 3 aromatic heterocycles. The molecule has 4 heterocycles. The highest BCUT2D eigenvalue weighted by Crippen LogP contribution is 2.30. The smallest absolute Gasteiger partial charge is 0.275 e. The first-order chi connectivity index (χ1) is 13.7. The number of hydrogen-bond acceptors (Lipinski definition) is 6. The van der Waals surface area contributed by atoms with Gasteiger partial charge in [0.25, 0.3) is 5.91 Å². The van der Waals surface area contributed by atoms with Crippen LogP contribution in [0.1, 0.15) is 28.2 Å². The summed E-state index contributed by atoms with van der Waals surface area (Å²) in [7, 11) is 1.67. The van der Waals surface area contributed by atoms with Crippen molar-refractivity contribution in [3.05, 3.63) is 53.8 Å². The lowest BCUT2D eigenvalue weighted by Gasteiger charge is -2.27. The summed E-state index contributed by atoms with van der Waals surface area (Å²) in [5, 5.41) is 4.70. The Labute approximate surface area is 161 Å². The Balaban J connectivity index is 1.65. The highest BCUT2D eigenvalue weighted by molar-refractivity contribution is 5.92. The molecule has 0 radical (unpaired) electrons. The van der Waals surface area contributed by atoms with Crippen molar-refractivity contribution in [3.63, 3.8) is 0 Å². The van der Waals surface area contributed by atoms with Crippen LogP contribution in [0.3, 0.4) is 0 Å². The van der Waals surface area contributed by atoms with E-state index in [2.05, 4.69) is 9.97 Å². The molecule has 0 N–H and O–H groups in total. The molecule has 28 heavy (non-hydrogen) atoms. The van der Waals surface area contributed by atoms with E-state index in [0.717, 1.165) is 17.7 Å². The average Bonchev–Trinajstić information content (AvgIpc) is 3.36. The predicted octanol–water partition coefficient (Wildman–Crippen LogP) is 2.31. The van der Waals surface area contributed by atoms with Gasteiger partial charge in [-0.25, -0.2) is 14.4 Å². The first-order valence-electron chi connectivity index (χ1n) is 9.05. The topological polar surface area (TPSA) is 86.3 Å². The maximum atomic E-state index is 14.0. The molecule has 4 rings (SSSR count). The van der Waals surface area contributed by atoms with E-state index in [-0.39, 0.29) is 5.69 Å². The van der Waals surface area contributed by atoms with Gasteiger partial charge < -0.3 is 14.1 Å². The van der Waals surface area contributed by atoms with Gasteiger partial charge in [0, 0.05) is 50.7 Å². The number of rotatable bonds is 6. The van der Waals surface area contributed by atoms with E-state index in [0.29, 0.717) is 44.0 Å². The van der Waals surface area contributed by atoms with Crippen molar-refractivity contribution in [1.82, 2.24) is 24.6 Å². The summed E-state index contributed by atoms with van der Waals surface area (Å²) in [5.74, 6) is -1.05. The van der Waals surface area contributed by atoms with Crippen molar-refractivity contribution in [3.8, 4) is 11.4 Å². The molecule has 0 aromatic carbocycles. The zero-order chi connectivity index (χ0) is 19.5. The Hall–Kier alpha value is -3.07. The number of aromatic nitrogens is 4. The molecule has 3 aromatic rings. The largest absolute Gasteiger partial charge is 0.451 e. The van der Waals surface area contributed by atoms with Crippen LogP contribution in [0.4, 0.5) is 4.39 Å². The molecule has 0 bridgehead atoms. The highest BCUT2D eigenvalue weighted by Gasteiger charge is 2.30. The molecule has 0 saturated carbocycles. The normalized spacial score (nSPS) is 13.6. The molecule has 0 saturated heterocycles. The fourth-order valence-corrected chi connectivity index (χ4v) is 3.44. The Bertz CT molecular complexity index is 970. The molecule has 8 nitrogen and oxygen atoms in total. The number of carbonyl (C=O) groups excluding carboxylic acids is 1. The number of halogens is 1. The third-order valence-electron chi connectivity index (χ3n) is 4.78. The number of pyridine rings is 1. The molecule has 9 heteroatoms. The minimum absolute atomic E-state index is 0.165. The van der Waals surface area contributed by atoms with E-state index in [1.807, 2.05) is 4.68 Å².